The van der Waals surface area contributed by atoms with Crippen LogP contribution >= 0.6 is 0 Å². The maximum absolute atomic E-state index is 11.6. The second kappa shape index (κ2) is 6.89. The van der Waals surface area contributed by atoms with Crippen LogP contribution in [0.5, 0.6) is 5.75 Å². The summed E-state index contributed by atoms with van der Waals surface area (Å²) >= 11 is 0. The van der Waals surface area contributed by atoms with Crippen LogP contribution in [0, 0.1) is 0 Å². The molecule has 2 unspecified atom stereocenters. The van der Waals surface area contributed by atoms with Gasteiger partial charge in [-0.15, -0.1) is 0 Å². The van der Waals surface area contributed by atoms with Gasteiger partial charge < -0.3 is 15.0 Å². The quantitative estimate of drug-likeness (QED) is 0.847. The van der Waals surface area contributed by atoms with Crippen molar-refractivity contribution in [3.8, 4) is 5.75 Å². The molecule has 5 heteroatoms. The molecule has 0 saturated carbocycles. The van der Waals surface area contributed by atoms with E-state index in [4.69, 9.17) is 4.74 Å². The van der Waals surface area contributed by atoms with Gasteiger partial charge in [-0.05, 0) is 31.0 Å². The molecule has 1 saturated heterocycles. The Morgan fingerprint density at radius 1 is 1.00 bits per heavy atom. The summed E-state index contributed by atoms with van der Waals surface area (Å²) in [4.78, 5) is 16.5. The second-order valence-electron chi connectivity index (χ2n) is 7.61. The smallest absolute Gasteiger partial charge is 0.162 e. The van der Waals surface area contributed by atoms with Crippen LogP contribution in [0.2, 0.25) is 0 Å². The molecule has 140 valence electrons. The largest absolute Gasteiger partial charge is 0.493 e. The monoisotopic (exact) mass is 363 g/mol. The highest BCUT2D eigenvalue weighted by atomic mass is 16.5. The molecule has 2 aromatic rings. The Hall–Kier alpha value is -2.53. The highest BCUT2D eigenvalue weighted by molar-refractivity contribution is 5.84. The maximum Gasteiger partial charge on any atom is 0.162 e. The van der Waals surface area contributed by atoms with Gasteiger partial charge in [-0.25, -0.2) is 0 Å². The lowest BCUT2D eigenvalue weighted by molar-refractivity contribution is -0.108. The molecule has 5 nitrogen and oxygen atoms in total. The summed E-state index contributed by atoms with van der Waals surface area (Å²) in [5.74, 6) is 1.04. The molecule has 27 heavy (non-hydrogen) atoms. The number of fused-ring (bicyclic) bond motifs is 2. The average molecular weight is 363 g/mol. The van der Waals surface area contributed by atoms with Crippen molar-refractivity contribution in [1.82, 2.24) is 4.90 Å². The van der Waals surface area contributed by atoms with Gasteiger partial charge in [0.15, 0.2) is 12.5 Å². The number of likely N-dealkylation sites (tertiary alicyclic amines) is 1. The topological polar surface area (TPSA) is 44.8 Å². The Kier molecular flexibility index (Phi) is 4.24. The Morgan fingerprint density at radius 2 is 1.78 bits per heavy atom. The van der Waals surface area contributed by atoms with E-state index in [1.54, 1.807) is 0 Å². The van der Waals surface area contributed by atoms with E-state index in [9.17, 15) is 4.79 Å². The molecule has 0 radical (unpaired) electrons. The number of nitrogens with zero attached hydrogens (tertiary/aromatic N) is 2. The van der Waals surface area contributed by atoms with Crippen molar-refractivity contribution in [2.75, 3.05) is 29.9 Å². The summed E-state index contributed by atoms with van der Waals surface area (Å²) in [6.07, 6.45) is 3.97. The average Bonchev–Trinajstić information content (AvgIpc) is 3.12. The zero-order valence-electron chi connectivity index (χ0n) is 15.4. The number of rotatable bonds is 3. The van der Waals surface area contributed by atoms with Gasteiger partial charge in [-0.1, -0.05) is 30.3 Å². The number of nitrogens with one attached hydrogen (secondary N) is 1. The molecule has 1 fully saturated rings. The van der Waals surface area contributed by atoms with Gasteiger partial charge in [0.2, 0.25) is 0 Å². The van der Waals surface area contributed by atoms with Crippen LogP contribution in [0.1, 0.15) is 30.9 Å². The third-order valence-electron chi connectivity index (χ3n) is 6.17. The number of carbonyl (C=O) groups is 1. The van der Waals surface area contributed by atoms with Crippen molar-refractivity contribution >= 4 is 17.7 Å². The van der Waals surface area contributed by atoms with Crippen LogP contribution in [0.3, 0.4) is 0 Å². The Bertz CT molecular complexity index is 832. The lowest BCUT2D eigenvalue weighted by atomic mass is 9.94. The number of piperidine rings is 1. The van der Waals surface area contributed by atoms with Crippen LogP contribution in [0.15, 0.2) is 48.5 Å². The van der Waals surface area contributed by atoms with Crippen LogP contribution in [-0.4, -0.2) is 43.1 Å². The van der Waals surface area contributed by atoms with E-state index < -0.39 is 0 Å². The van der Waals surface area contributed by atoms with Gasteiger partial charge in [0.1, 0.15) is 5.75 Å². The molecule has 5 rings (SSSR count). The minimum absolute atomic E-state index is 0.247. The summed E-state index contributed by atoms with van der Waals surface area (Å²) in [5, 5.41) is 3.35. The number of aldehydes is 1. The number of para-hydroxylation sites is 3. The molecular weight excluding hydrogens is 338 g/mol. The first-order valence-electron chi connectivity index (χ1n) is 9.90. The fourth-order valence-electron chi connectivity index (χ4n) is 4.90. The molecule has 0 spiro atoms. The minimum atomic E-state index is -0.247. The number of ether oxygens (including phenoxy) is 1. The van der Waals surface area contributed by atoms with Gasteiger partial charge in [-0.2, -0.15) is 0 Å². The first kappa shape index (κ1) is 16.6. The summed E-state index contributed by atoms with van der Waals surface area (Å²) in [7, 11) is 0. The van der Waals surface area contributed by atoms with Crippen LogP contribution in [0.25, 0.3) is 0 Å². The fraction of sp³-hybridized carbons (Fsp3) is 0.409. The molecule has 0 bridgehead atoms. The first-order valence-corrected chi connectivity index (χ1v) is 9.90. The van der Waals surface area contributed by atoms with Crippen molar-refractivity contribution in [3.63, 3.8) is 0 Å². The zero-order valence-corrected chi connectivity index (χ0v) is 15.4. The summed E-state index contributed by atoms with van der Waals surface area (Å²) in [5.41, 5.74) is 3.54. The molecule has 1 N–H and O–H groups in total. The van der Waals surface area contributed by atoms with Gasteiger partial charge in [-0.3, -0.25) is 9.69 Å². The predicted molar refractivity (Wildman–Crippen MR) is 106 cm³/mol. The van der Waals surface area contributed by atoms with Crippen molar-refractivity contribution in [2.24, 2.45) is 0 Å². The van der Waals surface area contributed by atoms with E-state index in [0.717, 1.165) is 62.4 Å². The standard InChI is InChI=1S/C22H25N3O2/c26-15-22-23-18-6-2-3-7-20(18)25(22)16-9-12-24(13-10-16)19-11-14-27-21-8-4-1-5-17(19)21/h1-8,15-16,19,22-23H,9-14H2. The third kappa shape index (κ3) is 2.86. The van der Waals surface area contributed by atoms with E-state index >= 15 is 0 Å². The van der Waals surface area contributed by atoms with Crippen molar-refractivity contribution in [1.29, 1.82) is 0 Å². The van der Waals surface area contributed by atoms with Crippen molar-refractivity contribution in [3.05, 3.63) is 54.1 Å². The molecule has 2 atom stereocenters. The van der Waals surface area contributed by atoms with Gasteiger partial charge in [0.05, 0.1) is 18.0 Å². The third-order valence-corrected chi connectivity index (χ3v) is 6.17. The zero-order chi connectivity index (χ0) is 18.2. The van der Waals surface area contributed by atoms with Crippen molar-refractivity contribution < 1.29 is 9.53 Å². The molecule has 3 aliphatic heterocycles. The summed E-state index contributed by atoms with van der Waals surface area (Å²) in [6.45, 7) is 2.89. The Labute approximate surface area is 159 Å². The molecule has 0 amide bonds. The second-order valence-corrected chi connectivity index (χ2v) is 7.61. The van der Waals surface area contributed by atoms with Crippen LogP contribution < -0.4 is 15.0 Å². The molecule has 3 heterocycles. The van der Waals surface area contributed by atoms with Crippen LogP contribution in [0.4, 0.5) is 11.4 Å². The molecule has 0 aliphatic carbocycles. The number of carbonyl (C=O) groups excluding carboxylic acids is 1. The van der Waals surface area contributed by atoms with Gasteiger partial charge in [0, 0.05) is 37.2 Å². The summed E-state index contributed by atoms with van der Waals surface area (Å²) < 4.78 is 5.83. The lowest BCUT2D eigenvalue weighted by Gasteiger charge is -2.43. The van der Waals surface area contributed by atoms with E-state index in [-0.39, 0.29) is 6.17 Å². The predicted octanol–water partition coefficient (Wildman–Crippen LogP) is 3.43. The molecular formula is C22H25N3O2. The van der Waals surface area contributed by atoms with E-state index in [0.29, 0.717) is 12.1 Å². The normalized spacial score (nSPS) is 25.3. The highest BCUT2D eigenvalue weighted by Crippen LogP contribution is 2.40. The number of benzene rings is 2. The first-order chi connectivity index (χ1) is 13.3. The van der Waals surface area contributed by atoms with E-state index in [2.05, 4.69) is 51.5 Å². The SMILES string of the molecule is O=CC1Nc2ccccc2N1C1CCN(C2CCOc3ccccc32)CC1. The number of hydrogen-bond acceptors (Lipinski definition) is 5. The van der Waals surface area contributed by atoms with E-state index in [1.807, 2.05) is 12.1 Å². The fourth-order valence-corrected chi connectivity index (χ4v) is 4.90. The minimum Gasteiger partial charge on any atom is -0.493 e. The van der Waals surface area contributed by atoms with Gasteiger partial charge >= 0.3 is 0 Å². The molecule has 0 aromatic heterocycles. The number of anilines is 2. The van der Waals surface area contributed by atoms with Crippen molar-refractivity contribution in [2.45, 2.75) is 37.5 Å². The Balaban J connectivity index is 1.32. The van der Waals surface area contributed by atoms with Gasteiger partial charge in [0.25, 0.3) is 0 Å². The highest BCUT2D eigenvalue weighted by Gasteiger charge is 2.37. The molecule has 3 aliphatic rings. The number of hydrogen-bond donors (Lipinski definition) is 1. The summed E-state index contributed by atoms with van der Waals surface area (Å²) in [6, 6.07) is 17.5. The van der Waals surface area contributed by atoms with Crippen LogP contribution in [-0.2, 0) is 4.79 Å². The Morgan fingerprint density at radius 3 is 2.63 bits per heavy atom. The maximum atomic E-state index is 11.6. The molecule has 2 aromatic carbocycles. The lowest BCUT2D eigenvalue weighted by Crippen LogP contribution is -2.50. The van der Waals surface area contributed by atoms with E-state index in [1.165, 1.54) is 5.56 Å².